The number of hydrogen-bond donors (Lipinski definition) is 2. The van der Waals surface area contributed by atoms with Crippen LogP contribution in [-0.2, 0) is 10.2 Å². The number of aldehydes is 1. The van der Waals surface area contributed by atoms with Crippen LogP contribution >= 0.6 is 0 Å². The Morgan fingerprint density at radius 1 is 0.889 bits per heavy atom. The molecule has 0 spiro atoms. The van der Waals surface area contributed by atoms with Gasteiger partial charge in [-0.15, -0.1) is 0 Å². The SMILES string of the molecule is Cc1cc([C@@](C=O)(c2ccccc2)c2[nH]c3ccccc3c2C)ccc1O. The van der Waals surface area contributed by atoms with E-state index in [9.17, 15) is 9.90 Å². The molecule has 4 aromatic rings. The number of aromatic hydroxyl groups is 1. The summed E-state index contributed by atoms with van der Waals surface area (Å²) in [5, 5.41) is 11.1. The standard InChI is InChI=1S/C24H21NO2/c1-16-14-19(12-13-22(16)27)24(15-26,18-8-4-3-5-9-18)23-17(2)20-10-6-7-11-21(20)25-23/h3-15,25,27H,1-2H3/t24-/m1/s1. The fourth-order valence-corrected chi connectivity index (χ4v) is 3.93. The number of aromatic amines is 1. The van der Waals surface area contributed by atoms with Gasteiger partial charge in [0, 0.05) is 16.6 Å². The predicted molar refractivity (Wildman–Crippen MR) is 108 cm³/mol. The normalized spacial score (nSPS) is 13.4. The monoisotopic (exact) mass is 355 g/mol. The van der Waals surface area contributed by atoms with Gasteiger partial charge in [0.25, 0.3) is 0 Å². The van der Waals surface area contributed by atoms with Crippen molar-refractivity contribution in [3.8, 4) is 5.75 Å². The van der Waals surface area contributed by atoms with E-state index in [4.69, 9.17) is 0 Å². The second-order valence-corrected chi connectivity index (χ2v) is 6.96. The van der Waals surface area contributed by atoms with Gasteiger partial charge in [0.2, 0.25) is 0 Å². The summed E-state index contributed by atoms with van der Waals surface area (Å²) in [4.78, 5) is 16.3. The lowest BCUT2D eigenvalue weighted by molar-refractivity contribution is -0.110. The van der Waals surface area contributed by atoms with E-state index in [-0.39, 0.29) is 5.75 Å². The van der Waals surface area contributed by atoms with Crippen molar-refractivity contribution in [2.75, 3.05) is 0 Å². The fraction of sp³-hybridized carbons (Fsp3) is 0.125. The molecule has 3 heteroatoms. The average Bonchev–Trinajstić information content (AvgIpc) is 3.04. The number of H-pyrrole nitrogens is 1. The lowest BCUT2D eigenvalue weighted by atomic mass is 9.71. The number of carbonyl (C=O) groups excluding carboxylic acids is 1. The summed E-state index contributed by atoms with van der Waals surface area (Å²) in [6, 6.07) is 23.2. The van der Waals surface area contributed by atoms with Crippen LogP contribution in [0.25, 0.3) is 10.9 Å². The van der Waals surface area contributed by atoms with Crippen LogP contribution in [0.4, 0.5) is 0 Å². The Hall–Kier alpha value is -3.33. The molecule has 0 aliphatic heterocycles. The molecular formula is C24H21NO2. The quantitative estimate of drug-likeness (QED) is 0.505. The van der Waals surface area contributed by atoms with E-state index < -0.39 is 5.41 Å². The van der Waals surface area contributed by atoms with Crippen molar-refractivity contribution in [1.29, 1.82) is 0 Å². The van der Waals surface area contributed by atoms with Crippen molar-refractivity contribution >= 4 is 17.2 Å². The molecule has 0 saturated heterocycles. The van der Waals surface area contributed by atoms with Crippen LogP contribution in [0.5, 0.6) is 5.75 Å². The Labute approximate surface area is 158 Å². The molecule has 0 aliphatic rings. The van der Waals surface area contributed by atoms with Crippen molar-refractivity contribution in [2.45, 2.75) is 19.3 Å². The number of phenols is 1. The van der Waals surface area contributed by atoms with E-state index in [0.717, 1.165) is 45.1 Å². The highest BCUT2D eigenvalue weighted by Crippen LogP contribution is 2.41. The predicted octanol–water partition coefficient (Wildman–Crippen LogP) is 5.02. The van der Waals surface area contributed by atoms with Crippen LogP contribution in [0.15, 0.2) is 72.8 Å². The second kappa shape index (κ2) is 6.44. The highest BCUT2D eigenvalue weighted by atomic mass is 16.3. The molecule has 0 aliphatic carbocycles. The number of rotatable bonds is 4. The van der Waals surface area contributed by atoms with Crippen LogP contribution < -0.4 is 0 Å². The van der Waals surface area contributed by atoms with E-state index in [1.54, 1.807) is 6.07 Å². The largest absolute Gasteiger partial charge is 0.508 e. The highest BCUT2D eigenvalue weighted by Gasteiger charge is 2.39. The number of benzene rings is 3. The van der Waals surface area contributed by atoms with Crippen LogP contribution in [0, 0.1) is 13.8 Å². The minimum absolute atomic E-state index is 0.222. The van der Waals surface area contributed by atoms with Crippen LogP contribution in [0.3, 0.4) is 0 Å². The zero-order valence-corrected chi connectivity index (χ0v) is 15.4. The maximum absolute atomic E-state index is 12.8. The molecule has 1 heterocycles. The molecule has 4 rings (SSSR count). The summed E-state index contributed by atoms with van der Waals surface area (Å²) in [6.07, 6.45) is 1.01. The number of phenolic OH excluding ortho intramolecular Hbond substituents is 1. The Morgan fingerprint density at radius 3 is 2.26 bits per heavy atom. The van der Waals surface area contributed by atoms with E-state index in [2.05, 4.69) is 11.1 Å². The average molecular weight is 355 g/mol. The van der Waals surface area contributed by atoms with Gasteiger partial charge < -0.3 is 14.9 Å². The summed E-state index contributed by atoms with van der Waals surface area (Å²) in [5.74, 6) is 0.222. The first-order chi connectivity index (χ1) is 13.1. The molecule has 3 nitrogen and oxygen atoms in total. The van der Waals surface area contributed by atoms with Crippen molar-refractivity contribution in [3.05, 3.63) is 101 Å². The molecule has 0 bridgehead atoms. The number of para-hydroxylation sites is 1. The zero-order chi connectivity index (χ0) is 19.0. The molecular weight excluding hydrogens is 334 g/mol. The number of fused-ring (bicyclic) bond motifs is 1. The van der Waals surface area contributed by atoms with Gasteiger partial charge in [-0.2, -0.15) is 0 Å². The van der Waals surface area contributed by atoms with E-state index in [1.165, 1.54) is 0 Å². The lowest BCUT2D eigenvalue weighted by Crippen LogP contribution is -2.32. The topological polar surface area (TPSA) is 53.1 Å². The third-order valence-electron chi connectivity index (χ3n) is 5.42. The molecule has 3 aromatic carbocycles. The van der Waals surface area contributed by atoms with Gasteiger partial charge in [-0.1, -0.05) is 60.7 Å². The summed E-state index contributed by atoms with van der Waals surface area (Å²) in [6.45, 7) is 3.89. The third-order valence-corrected chi connectivity index (χ3v) is 5.42. The number of aryl methyl sites for hydroxylation is 2. The van der Waals surface area contributed by atoms with E-state index in [0.29, 0.717) is 0 Å². The van der Waals surface area contributed by atoms with Gasteiger partial charge in [-0.25, -0.2) is 0 Å². The van der Waals surface area contributed by atoms with Crippen molar-refractivity contribution in [2.24, 2.45) is 0 Å². The van der Waals surface area contributed by atoms with E-state index >= 15 is 0 Å². The van der Waals surface area contributed by atoms with Gasteiger partial charge in [-0.05, 0) is 48.2 Å². The Balaban J connectivity index is 2.11. The van der Waals surface area contributed by atoms with Crippen molar-refractivity contribution in [1.82, 2.24) is 4.98 Å². The zero-order valence-electron chi connectivity index (χ0n) is 15.4. The minimum atomic E-state index is -0.983. The molecule has 0 radical (unpaired) electrons. The lowest BCUT2D eigenvalue weighted by Gasteiger charge is -2.30. The Kier molecular flexibility index (Phi) is 4.08. The van der Waals surface area contributed by atoms with Crippen molar-refractivity contribution in [3.63, 3.8) is 0 Å². The van der Waals surface area contributed by atoms with Crippen molar-refractivity contribution < 1.29 is 9.90 Å². The van der Waals surface area contributed by atoms with Gasteiger partial charge in [0.15, 0.2) is 0 Å². The molecule has 1 aromatic heterocycles. The first-order valence-electron chi connectivity index (χ1n) is 8.97. The van der Waals surface area contributed by atoms with Gasteiger partial charge in [0.1, 0.15) is 17.5 Å². The van der Waals surface area contributed by atoms with E-state index in [1.807, 2.05) is 74.5 Å². The summed E-state index contributed by atoms with van der Waals surface area (Å²) in [5.41, 5.74) is 4.38. The minimum Gasteiger partial charge on any atom is -0.508 e. The van der Waals surface area contributed by atoms with Crippen LogP contribution in [0.1, 0.15) is 27.9 Å². The number of carbonyl (C=O) groups is 1. The highest BCUT2D eigenvalue weighted by molar-refractivity contribution is 5.90. The first-order valence-corrected chi connectivity index (χ1v) is 8.97. The Bertz CT molecular complexity index is 1130. The molecule has 2 N–H and O–H groups in total. The second-order valence-electron chi connectivity index (χ2n) is 6.96. The molecule has 134 valence electrons. The van der Waals surface area contributed by atoms with Crippen LogP contribution in [0.2, 0.25) is 0 Å². The summed E-state index contributed by atoms with van der Waals surface area (Å²) < 4.78 is 0. The van der Waals surface area contributed by atoms with Gasteiger partial charge in [-0.3, -0.25) is 0 Å². The summed E-state index contributed by atoms with van der Waals surface area (Å²) >= 11 is 0. The molecule has 0 saturated carbocycles. The maximum Gasteiger partial charge on any atom is 0.140 e. The third kappa shape index (κ3) is 2.55. The molecule has 1 atom stereocenters. The molecule has 0 fully saturated rings. The van der Waals surface area contributed by atoms with Gasteiger partial charge >= 0.3 is 0 Å². The summed E-state index contributed by atoms with van der Waals surface area (Å²) in [7, 11) is 0. The fourth-order valence-electron chi connectivity index (χ4n) is 3.93. The Morgan fingerprint density at radius 2 is 1.59 bits per heavy atom. The van der Waals surface area contributed by atoms with Gasteiger partial charge in [0.05, 0.1) is 0 Å². The number of aromatic nitrogens is 1. The maximum atomic E-state index is 12.8. The first kappa shape index (κ1) is 17.1. The number of hydrogen-bond acceptors (Lipinski definition) is 2. The molecule has 0 amide bonds. The smallest absolute Gasteiger partial charge is 0.140 e. The number of nitrogens with one attached hydrogen (secondary N) is 1. The van der Waals surface area contributed by atoms with Crippen LogP contribution in [-0.4, -0.2) is 16.4 Å². The molecule has 27 heavy (non-hydrogen) atoms. The molecule has 0 unspecified atom stereocenters.